The highest BCUT2D eigenvalue weighted by atomic mass is 16.7. The molecule has 0 radical (unpaired) electrons. The fraction of sp³-hybridized carbons (Fsp3) is 0.698. The molecule has 1 aliphatic carbocycles. The summed E-state index contributed by atoms with van der Waals surface area (Å²) < 4.78 is 37.0. The Labute approximate surface area is 398 Å². The molecule has 1 saturated carbocycles. The summed E-state index contributed by atoms with van der Waals surface area (Å²) in [7, 11) is 3.07. The zero-order chi connectivity index (χ0) is 49.0. The minimum atomic E-state index is -2.52. The first-order valence-electron chi connectivity index (χ1n) is 24.6. The van der Waals surface area contributed by atoms with E-state index in [4.69, 9.17) is 28.4 Å². The maximum absolute atomic E-state index is 14.6. The summed E-state index contributed by atoms with van der Waals surface area (Å²) in [4.78, 5) is 58.5. The predicted molar refractivity (Wildman–Crippen MR) is 252 cm³/mol. The largest absolute Gasteiger partial charge is 0.456 e. The van der Waals surface area contributed by atoms with Crippen molar-refractivity contribution < 1.29 is 62.9 Å². The molecular weight excluding hydrogens is 859 g/mol. The van der Waals surface area contributed by atoms with Crippen LogP contribution in [0.1, 0.15) is 124 Å². The van der Waals surface area contributed by atoms with Crippen molar-refractivity contribution in [3.05, 3.63) is 71.8 Å². The number of allylic oxidation sites excluding steroid dienone is 3. The van der Waals surface area contributed by atoms with E-state index < -0.39 is 83.9 Å². The van der Waals surface area contributed by atoms with Crippen LogP contribution in [0, 0.1) is 29.6 Å². The molecule has 0 aromatic heterocycles. The lowest BCUT2D eigenvalue weighted by molar-refractivity contribution is -0.302. The number of carbonyl (C=O) groups excluding carboxylic acids is 4. The molecule has 15 unspecified atom stereocenters. The maximum atomic E-state index is 14.6. The van der Waals surface area contributed by atoms with Crippen LogP contribution in [0.5, 0.6) is 0 Å². The topological polar surface area (TPSA) is 188 Å². The van der Waals surface area contributed by atoms with Crippen LogP contribution in [-0.2, 0) is 47.6 Å². The lowest BCUT2D eigenvalue weighted by atomic mass is 9.81. The van der Waals surface area contributed by atoms with Gasteiger partial charge in [0.25, 0.3) is 11.7 Å². The third kappa shape index (κ3) is 13.8. The molecule has 3 heterocycles. The lowest BCUT2D eigenvalue weighted by Gasteiger charge is -2.47. The zero-order valence-corrected chi connectivity index (χ0v) is 41.2. The summed E-state index contributed by atoms with van der Waals surface area (Å²) in [6.45, 7) is 15.5. The molecule has 14 nitrogen and oxygen atoms in total. The molecule has 4 aliphatic rings. The van der Waals surface area contributed by atoms with Crippen molar-refractivity contribution in [1.82, 2.24) is 4.90 Å². The molecule has 3 N–H and O–H groups in total. The van der Waals surface area contributed by atoms with Crippen LogP contribution in [-0.4, -0.2) is 132 Å². The van der Waals surface area contributed by atoms with Gasteiger partial charge >= 0.3 is 5.97 Å². The molecule has 1 amide bonds. The van der Waals surface area contributed by atoms with Gasteiger partial charge in [-0.2, -0.15) is 0 Å². The molecule has 3 aliphatic heterocycles. The highest BCUT2D eigenvalue weighted by Crippen LogP contribution is 2.39. The van der Waals surface area contributed by atoms with Crippen molar-refractivity contribution >= 4 is 23.4 Å². The van der Waals surface area contributed by atoms with Crippen LogP contribution in [0.15, 0.2) is 66.3 Å². The number of benzene rings is 1. The van der Waals surface area contributed by atoms with E-state index in [0.717, 1.165) is 11.1 Å². The summed E-state index contributed by atoms with van der Waals surface area (Å²) in [5.74, 6) is -7.70. The van der Waals surface area contributed by atoms with E-state index in [1.165, 1.54) is 19.1 Å². The monoisotopic (exact) mass is 938 g/mol. The summed E-state index contributed by atoms with van der Waals surface area (Å²) in [5.41, 5.74) is 2.40. The Hall–Kier alpha value is -3.60. The average molecular weight is 938 g/mol. The molecule has 0 spiro atoms. The van der Waals surface area contributed by atoms with Gasteiger partial charge in [-0.05, 0) is 101 Å². The van der Waals surface area contributed by atoms with Crippen LogP contribution in [0.4, 0.5) is 0 Å². The van der Waals surface area contributed by atoms with Gasteiger partial charge < -0.3 is 48.6 Å². The SMILES string of the molecule is C=CCOC1CC(C=C(C)C2OC(=O)C3CCCCN3C(=O)C(=O)C3(O)OC(C(OC)CC(C)C/C(C)=C/C(CC)C(=O)CC(O)C2C)C(OC)CC3C)CCC1OCC(O)c1ccccc1. The molecular formula is C53H79NO13. The summed E-state index contributed by atoms with van der Waals surface area (Å²) >= 11 is 0. The van der Waals surface area contributed by atoms with E-state index in [2.05, 4.69) is 13.5 Å². The minimum absolute atomic E-state index is 0.0196. The van der Waals surface area contributed by atoms with Crippen molar-refractivity contribution in [2.45, 2.75) is 173 Å². The molecule has 2 saturated heterocycles. The van der Waals surface area contributed by atoms with Crippen molar-refractivity contribution in [3.63, 3.8) is 0 Å². The van der Waals surface area contributed by atoms with Gasteiger partial charge in [0.1, 0.15) is 30.1 Å². The van der Waals surface area contributed by atoms with Crippen molar-refractivity contribution in [2.75, 3.05) is 34.0 Å². The van der Waals surface area contributed by atoms with Crippen LogP contribution in [0.3, 0.4) is 0 Å². The summed E-state index contributed by atoms with van der Waals surface area (Å²) in [6, 6.07) is 8.18. The Bertz CT molecular complexity index is 1870. The van der Waals surface area contributed by atoms with Gasteiger partial charge in [0.2, 0.25) is 5.79 Å². The van der Waals surface area contributed by atoms with E-state index in [1.54, 1.807) is 19.9 Å². The first-order chi connectivity index (χ1) is 31.9. The standard InChI is InChI=1S/C53H79NO13/c1-10-23-64-45-29-37(20-21-44(45)65-31-43(57)39-17-13-12-14-18-39)27-34(5)48-36(7)41(55)30-42(56)38(11-2)25-32(3)24-33(4)26-46(62-8)49-47(63-9)28-35(6)53(61,67-49)50(58)51(59)54-22-16-15-19-40(54)52(60)66-48/h10,12-14,17-18,25,27,33,35-38,40-41,43-49,55,57,61H,1,11,15-16,19-24,26,28-31H2,2-9H3/b32-25+,34-27?. The normalized spacial score (nSPS) is 37.1. The van der Waals surface area contributed by atoms with Crippen LogP contribution in [0.25, 0.3) is 0 Å². The molecule has 15 atom stereocenters. The number of amides is 1. The van der Waals surface area contributed by atoms with Gasteiger partial charge in [-0.15, -0.1) is 6.58 Å². The molecule has 374 valence electrons. The third-order valence-corrected chi connectivity index (χ3v) is 14.6. The number of Topliss-reactive ketones (excluding diaryl/α,β-unsaturated/α-hetero) is 2. The zero-order valence-electron chi connectivity index (χ0n) is 41.2. The number of aliphatic hydroxyl groups excluding tert-OH is 2. The molecule has 67 heavy (non-hydrogen) atoms. The number of carbonyl (C=O) groups is 4. The fourth-order valence-corrected chi connectivity index (χ4v) is 10.7. The second kappa shape index (κ2) is 25.3. The number of ether oxygens (including phenoxy) is 6. The second-order valence-electron chi connectivity index (χ2n) is 19.8. The van der Waals surface area contributed by atoms with Gasteiger partial charge in [-0.1, -0.05) is 81.8 Å². The van der Waals surface area contributed by atoms with Crippen LogP contribution in [0.2, 0.25) is 0 Å². The van der Waals surface area contributed by atoms with E-state index in [9.17, 15) is 34.5 Å². The Kier molecular flexibility index (Phi) is 20.5. The number of esters is 1. The maximum Gasteiger partial charge on any atom is 0.329 e. The highest BCUT2D eigenvalue weighted by Gasteiger charge is 2.56. The Morgan fingerprint density at radius 3 is 2.31 bits per heavy atom. The number of fused-ring (bicyclic) bond motifs is 3. The van der Waals surface area contributed by atoms with E-state index in [0.29, 0.717) is 63.5 Å². The Balaban J connectivity index is 1.47. The van der Waals surface area contributed by atoms with Crippen molar-refractivity contribution in [3.8, 4) is 0 Å². The molecule has 14 heteroatoms. The Morgan fingerprint density at radius 1 is 0.940 bits per heavy atom. The van der Waals surface area contributed by atoms with Gasteiger partial charge in [0.15, 0.2) is 0 Å². The van der Waals surface area contributed by atoms with Gasteiger partial charge in [0, 0.05) is 44.9 Å². The molecule has 5 rings (SSSR count). The fourth-order valence-electron chi connectivity index (χ4n) is 10.7. The van der Waals surface area contributed by atoms with Gasteiger partial charge in [-0.25, -0.2) is 4.79 Å². The number of ketones is 2. The highest BCUT2D eigenvalue weighted by molar-refractivity contribution is 6.39. The van der Waals surface area contributed by atoms with Gasteiger partial charge in [0.05, 0.1) is 43.7 Å². The van der Waals surface area contributed by atoms with Gasteiger partial charge in [-0.3, -0.25) is 14.4 Å². The quantitative estimate of drug-likeness (QED) is 0.113. The average Bonchev–Trinajstić information content (AvgIpc) is 3.32. The number of hydrogen-bond acceptors (Lipinski definition) is 13. The van der Waals surface area contributed by atoms with E-state index in [1.807, 2.05) is 63.3 Å². The number of cyclic esters (lactones) is 1. The van der Waals surface area contributed by atoms with Crippen molar-refractivity contribution in [2.24, 2.45) is 29.6 Å². The first-order valence-corrected chi connectivity index (χ1v) is 24.6. The summed E-state index contributed by atoms with van der Waals surface area (Å²) in [5, 5.41) is 34.9. The Morgan fingerprint density at radius 2 is 1.64 bits per heavy atom. The number of aliphatic hydroxyl groups is 3. The molecule has 1 aromatic rings. The van der Waals surface area contributed by atoms with E-state index >= 15 is 0 Å². The summed E-state index contributed by atoms with van der Waals surface area (Å²) in [6.07, 6.45) is 4.81. The number of piperidine rings is 1. The number of hydrogen-bond donors (Lipinski definition) is 3. The lowest BCUT2D eigenvalue weighted by Crippen LogP contribution is -2.64. The molecule has 1 aromatic carbocycles. The van der Waals surface area contributed by atoms with Crippen LogP contribution < -0.4 is 0 Å². The van der Waals surface area contributed by atoms with Crippen molar-refractivity contribution in [1.29, 1.82) is 0 Å². The second-order valence-corrected chi connectivity index (χ2v) is 19.8. The first kappa shape index (κ1) is 54.3. The third-order valence-electron chi connectivity index (χ3n) is 14.6. The minimum Gasteiger partial charge on any atom is -0.456 e. The van der Waals surface area contributed by atoms with E-state index in [-0.39, 0.29) is 62.2 Å². The molecule has 2 bridgehead atoms. The number of rotatable bonds is 12. The predicted octanol–water partition coefficient (Wildman–Crippen LogP) is 6.79. The molecule has 3 fully saturated rings. The smallest absolute Gasteiger partial charge is 0.329 e. The number of methoxy groups -OCH3 is 2. The number of nitrogens with zero attached hydrogens (tertiary/aromatic N) is 1. The van der Waals surface area contributed by atoms with Crippen LogP contribution >= 0.6 is 0 Å².